The summed E-state index contributed by atoms with van der Waals surface area (Å²) in [5, 5.41) is 0. The molecule has 3 nitrogen and oxygen atoms in total. The van der Waals surface area contributed by atoms with Gasteiger partial charge in [-0.2, -0.15) is 0 Å². The number of aromatic amines is 1. The van der Waals surface area contributed by atoms with E-state index in [0.717, 1.165) is 27.0 Å². The number of aromatic nitrogens is 3. The van der Waals surface area contributed by atoms with Crippen molar-refractivity contribution in [2.45, 2.75) is 0 Å². The number of rotatable bonds is 1. The number of pyridine rings is 1. The zero-order valence-electron chi connectivity index (χ0n) is 8.31. The van der Waals surface area contributed by atoms with Crippen molar-refractivity contribution in [1.29, 1.82) is 0 Å². The Balaban J connectivity index is 2.19. The van der Waals surface area contributed by atoms with Gasteiger partial charge in [0, 0.05) is 10.7 Å². The van der Waals surface area contributed by atoms with Gasteiger partial charge in [-0.15, -0.1) is 0 Å². The van der Waals surface area contributed by atoms with Gasteiger partial charge < -0.3 is 4.98 Å². The molecule has 0 spiro atoms. The molecule has 16 heavy (non-hydrogen) atoms. The van der Waals surface area contributed by atoms with Crippen LogP contribution in [0.25, 0.3) is 22.6 Å². The SMILES string of the molecule is Brc1ccnc(-c2nc3ccccc3[nH]2)c1. The highest BCUT2D eigenvalue weighted by atomic mass is 79.9. The highest BCUT2D eigenvalue weighted by Crippen LogP contribution is 2.20. The summed E-state index contributed by atoms with van der Waals surface area (Å²) in [6.07, 6.45) is 1.76. The van der Waals surface area contributed by atoms with Crippen molar-refractivity contribution in [3.8, 4) is 11.5 Å². The molecule has 0 atom stereocenters. The summed E-state index contributed by atoms with van der Waals surface area (Å²) in [7, 11) is 0. The summed E-state index contributed by atoms with van der Waals surface area (Å²) in [6.45, 7) is 0. The predicted octanol–water partition coefficient (Wildman–Crippen LogP) is 3.39. The summed E-state index contributed by atoms with van der Waals surface area (Å²) in [5.74, 6) is 0.794. The van der Waals surface area contributed by atoms with Gasteiger partial charge in [-0.3, -0.25) is 4.98 Å². The van der Waals surface area contributed by atoms with Crippen molar-refractivity contribution in [2.24, 2.45) is 0 Å². The van der Waals surface area contributed by atoms with Gasteiger partial charge in [0.05, 0.1) is 11.0 Å². The fourth-order valence-electron chi connectivity index (χ4n) is 1.61. The number of hydrogen-bond acceptors (Lipinski definition) is 2. The average Bonchev–Trinajstić information content (AvgIpc) is 2.72. The van der Waals surface area contributed by atoms with E-state index < -0.39 is 0 Å². The number of para-hydroxylation sites is 2. The third-order valence-corrected chi connectivity index (χ3v) is 2.85. The molecule has 0 amide bonds. The van der Waals surface area contributed by atoms with Gasteiger partial charge in [0.15, 0.2) is 5.82 Å². The van der Waals surface area contributed by atoms with Crippen molar-refractivity contribution in [3.63, 3.8) is 0 Å². The number of halogens is 1. The van der Waals surface area contributed by atoms with Gasteiger partial charge in [0.25, 0.3) is 0 Å². The van der Waals surface area contributed by atoms with Crippen LogP contribution in [-0.4, -0.2) is 15.0 Å². The van der Waals surface area contributed by atoms with Crippen LogP contribution in [0.3, 0.4) is 0 Å². The van der Waals surface area contributed by atoms with Crippen LogP contribution in [0, 0.1) is 0 Å². The van der Waals surface area contributed by atoms with Gasteiger partial charge in [-0.1, -0.05) is 28.1 Å². The van der Waals surface area contributed by atoms with Crippen molar-refractivity contribution >= 4 is 27.0 Å². The first-order valence-corrected chi connectivity index (χ1v) is 5.69. The molecule has 0 saturated heterocycles. The maximum absolute atomic E-state index is 4.49. The second kappa shape index (κ2) is 3.72. The Hall–Kier alpha value is -1.68. The standard InChI is InChI=1S/C12H8BrN3/c13-8-5-6-14-11(7-8)12-15-9-3-1-2-4-10(9)16-12/h1-7H,(H,15,16). The Bertz CT molecular complexity index is 612. The number of nitrogens with one attached hydrogen (secondary N) is 1. The maximum atomic E-state index is 4.49. The molecule has 0 aliphatic heterocycles. The topological polar surface area (TPSA) is 41.6 Å². The zero-order chi connectivity index (χ0) is 11.0. The first kappa shape index (κ1) is 9.54. The second-order valence-electron chi connectivity index (χ2n) is 3.46. The van der Waals surface area contributed by atoms with E-state index in [0.29, 0.717) is 0 Å². The lowest BCUT2D eigenvalue weighted by molar-refractivity contribution is 1.23. The Morgan fingerprint density at radius 1 is 1.12 bits per heavy atom. The molecular formula is C12H8BrN3. The molecular weight excluding hydrogens is 266 g/mol. The molecule has 0 radical (unpaired) electrons. The maximum Gasteiger partial charge on any atom is 0.157 e. The van der Waals surface area contributed by atoms with Gasteiger partial charge in [-0.05, 0) is 24.3 Å². The molecule has 0 fully saturated rings. The van der Waals surface area contributed by atoms with Crippen molar-refractivity contribution in [2.75, 3.05) is 0 Å². The molecule has 0 aliphatic carbocycles. The van der Waals surface area contributed by atoms with E-state index in [1.807, 2.05) is 36.4 Å². The third kappa shape index (κ3) is 1.61. The van der Waals surface area contributed by atoms with Crippen LogP contribution in [0.5, 0.6) is 0 Å². The smallest absolute Gasteiger partial charge is 0.157 e. The van der Waals surface area contributed by atoms with Gasteiger partial charge >= 0.3 is 0 Å². The third-order valence-electron chi connectivity index (χ3n) is 2.35. The van der Waals surface area contributed by atoms with Crippen molar-refractivity contribution in [1.82, 2.24) is 15.0 Å². The number of nitrogens with zero attached hydrogens (tertiary/aromatic N) is 2. The minimum Gasteiger partial charge on any atom is -0.337 e. The van der Waals surface area contributed by atoms with Crippen LogP contribution in [0.2, 0.25) is 0 Å². The Kier molecular flexibility index (Phi) is 2.22. The molecule has 0 saturated carbocycles. The monoisotopic (exact) mass is 273 g/mol. The summed E-state index contributed by atoms with van der Waals surface area (Å²) in [6, 6.07) is 11.8. The van der Waals surface area contributed by atoms with Crippen molar-refractivity contribution in [3.05, 3.63) is 47.1 Å². The molecule has 2 heterocycles. The summed E-state index contributed by atoms with van der Waals surface area (Å²) in [4.78, 5) is 12.0. The molecule has 78 valence electrons. The van der Waals surface area contributed by atoms with Crippen LogP contribution in [0.4, 0.5) is 0 Å². The summed E-state index contributed by atoms with van der Waals surface area (Å²) < 4.78 is 0.998. The van der Waals surface area contributed by atoms with Gasteiger partial charge in [0.2, 0.25) is 0 Å². The fourth-order valence-corrected chi connectivity index (χ4v) is 1.94. The first-order chi connectivity index (χ1) is 7.83. The number of fused-ring (bicyclic) bond motifs is 1. The minimum atomic E-state index is 0.794. The highest BCUT2D eigenvalue weighted by molar-refractivity contribution is 9.10. The molecule has 0 aliphatic rings. The lowest BCUT2D eigenvalue weighted by atomic mass is 10.3. The van der Waals surface area contributed by atoms with E-state index in [1.54, 1.807) is 6.20 Å². The molecule has 1 N–H and O–H groups in total. The molecule has 0 bridgehead atoms. The first-order valence-electron chi connectivity index (χ1n) is 4.89. The van der Waals surface area contributed by atoms with E-state index in [-0.39, 0.29) is 0 Å². The zero-order valence-corrected chi connectivity index (χ0v) is 9.90. The quantitative estimate of drug-likeness (QED) is 0.739. The van der Waals surface area contributed by atoms with E-state index in [9.17, 15) is 0 Å². The molecule has 0 unspecified atom stereocenters. The molecule has 4 heteroatoms. The largest absolute Gasteiger partial charge is 0.337 e. The molecule has 2 aromatic heterocycles. The normalized spacial score (nSPS) is 10.8. The van der Waals surface area contributed by atoms with Crippen LogP contribution >= 0.6 is 15.9 Å². The fraction of sp³-hybridized carbons (Fsp3) is 0. The summed E-state index contributed by atoms with van der Waals surface area (Å²) >= 11 is 3.42. The van der Waals surface area contributed by atoms with Crippen LogP contribution < -0.4 is 0 Å². The number of imidazole rings is 1. The Morgan fingerprint density at radius 2 is 2.00 bits per heavy atom. The Labute approximate surface area is 101 Å². The lowest BCUT2D eigenvalue weighted by Crippen LogP contribution is -1.84. The predicted molar refractivity (Wildman–Crippen MR) is 67.0 cm³/mol. The number of benzene rings is 1. The van der Waals surface area contributed by atoms with Crippen LogP contribution in [-0.2, 0) is 0 Å². The number of H-pyrrole nitrogens is 1. The van der Waals surface area contributed by atoms with E-state index in [2.05, 4.69) is 30.9 Å². The summed E-state index contributed by atoms with van der Waals surface area (Å²) in [5.41, 5.74) is 2.82. The van der Waals surface area contributed by atoms with E-state index in [1.165, 1.54) is 0 Å². The Morgan fingerprint density at radius 3 is 2.81 bits per heavy atom. The average molecular weight is 274 g/mol. The van der Waals surface area contributed by atoms with E-state index in [4.69, 9.17) is 0 Å². The molecule has 3 aromatic rings. The van der Waals surface area contributed by atoms with E-state index >= 15 is 0 Å². The van der Waals surface area contributed by atoms with Crippen LogP contribution in [0.1, 0.15) is 0 Å². The van der Waals surface area contributed by atoms with Gasteiger partial charge in [-0.25, -0.2) is 4.98 Å². The van der Waals surface area contributed by atoms with Crippen LogP contribution in [0.15, 0.2) is 47.1 Å². The second-order valence-corrected chi connectivity index (χ2v) is 4.38. The van der Waals surface area contributed by atoms with Gasteiger partial charge in [0.1, 0.15) is 5.69 Å². The minimum absolute atomic E-state index is 0.794. The molecule has 3 rings (SSSR count). The lowest BCUT2D eigenvalue weighted by Gasteiger charge is -1.95. The number of hydrogen-bond donors (Lipinski definition) is 1. The highest BCUT2D eigenvalue weighted by Gasteiger charge is 2.05. The molecule has 1 aromatic carbocycles. The van der Waals surface area contributed by atoms with Crippen molar-refractivity contribution < 1.29 is 0 Å².